The first-order chi connectivity index (χ1) is 14.2. The van der Waals surface area contributed by atoms with Crippen LogP contribution in [0.1, 0.15) is 32.9 Å². The molecule has 1 heterocycles. The van der Waals surface area contributed by atoms with Crippen molar-refractivity contribution in [1.82, 2.24) is 9.78 Å². The van der Waals surface area contributed by atoms with Crippen LogP contribution >= 0.6 is 0 Å². The van der Waals surface area contributed by atoms with E-state index >= 15 is 0 Å². The molecule has 0 atom stereocenters. The van der Waals surface area contributed by atoms with Gasteiger partial charge in [-0.3, -0.25) is 0 Å². The predicted octanol–water partition coefficient (Wildman–Crippen LogP) is 4.96. The molecule has 0 amide bonds. The van der Waals surface area contributed by atoms with Gasteiger partial charge in [0.1, 0.15) is 11.4 Å². The van der Waals surface area contributed by atoms with Crippen molar-refractivity contribution in [2.75, 3.05) is 7.11 Å². The minimum atomic E-state index is -4.67. The number of hydrogen-bond acceptors (Lipinski definition) is 5. The van der Waals surface area contributed by atoms with Crippen LogP contribution in [0.3, 0.4) is 0 Å². The minimum Gasteiger partial charge on any atom is -0.465 e. The summed E-state index contributed by atoms with van der Waals surface area (Å²) in [6.45, 7) is 3.32. The standard InChI is InChI=1S/C21H16F3N3O3/c1-12-19(30-17-8-5-14(6-9-17)20(28)29-3)13(2)27(26-12)16-7-4-15(11-25)18(10-16)21(22,23)24/h4-10H,1-3H3. The highest BCUT2D eigenvalue weighted by Gasteiger charge is 2.34. The smallest absolute Gasteiger partial charge is 0.417 e. The lowest BCUT2D eigenvalue weighted by Crippen LogP contribution is -2.10. The van der Waals surface area contributed by atoms with Gasteiger partial charge in [-0.15, -0.1) is 0 Å². The van der Waals surface area contributed by atoms with Crippen molar-refractivity contribution in [3.8, 4) is 23.3 Å². The molecule has 0 radical (unpaired) electrons. The molecular formula is C21H16F3N3O3. The monoisotopic (exact) mass is 415 g/mol. The Balaban J connectivity index is 1.97. The van der Waals surface area contributed by atoms with Crippen LogP contribution in [-0.4, -0.2) is 22.9 Å². The topological polar surface area (TPSA) is 77.1 Å². The Kier molecular flexibility index (Phi) is 5.52. The van der Waals surface area contributed by atoms with Gasteiger partial charge in [0.2, 0.25) is 0 Å². The van der Waals surface area contributed by atoms with E-state index in [4.69, 9.17) is 10.00 Å². The van der Waals surface area contributed by atoms with Crippen LogP contribution in [0.25, 0.3) is 5.69 Å². The molecule has 0 unspecified atom stereocenters. The van der Waals surface area contributed by atoms with E-state index in [2.05, 4.69) is 9.84 Å². The van der Waals surface area contributed by atoms with E-state index in [0.29, 0.717) is 28.5 Å². The number of benzene rings is 2. The number of esters is 1. The molecule has 0 N–H and O–H groups in total. The summed E-state index contributed by atoms with van der Waals surface area (Å²) in [5, 5.41) is 13.2. The molecule has 0 spiro atoms. The predicted molar refractivity (Wildman–Crippen MR) is 101 cm³/mol. The molecular weight excluding hydrogens is 399 g/mol. The van der Waals surface area contributed by atoms with Crippen molar-refractivity contribution < 1.29 is 27.4 Å². The van der Waals surface area contributed by atoms with Crippen molar-refractivity contribution in [1.29, 1.82) is 5.26 Å². The molecule has 3 aromatic rings. The number of ether oxygens (including phenoxy) is 2. The van der Waals surface area contributed by atoms with Gasteiger partial charge in [0.05, 0.1) is 41.3 Å². The quantitative estimate of drug-likeness (QED) is 0.563. The van der Waals surface area contributed by atoms with Gasteiger partial charge in [-0.1, -0.05) is 0 Å². The number of aryl methyl sites for hydroxylation is 1. The fourth-order valence-corrected chi connectivity index (χ4v) is 2.92. The second kappa shape index (κ2) is 7.91. The molecule has 9 heteroatoms. The third-order valence-corrected chi connectivity index (χ3v) is 4.39. The largest absolute Gasteiger partial charge is 0.465 e. The lowest BCUT2D eigenvalue weighted by Gasteiger charge is -2.12. The van der Waals surface area contributed by atoms with Crippen molar-refractivity contribution in [3.63, 3.8) is 0 Å². The van der Waals surface area contributed by atoms with Crippen LogP contribution in [0.4, 0.5) is 13.2 Å². The Hall–Kier alpha value is -3.80. The van der Waals surface area contributed by atoms with Crippen molar-refractivity contribution in [3.05, 3.63) is 70.5 Å². The number of nitrogens with zero attached hydrogens (tertiary/aromatic N) is 3. The third-order valence-electron chi connectivity index (χ3n) is 4.39. The summed E-state index contributed by atoms with van der Waals surface area (Å²) in [7, 11) is 1.28. The first-order valence-electron chi connectivity index (χ1n) is 8.70. The minimum absolute atomic E-state index is 0.151. The van der Waals surface area contributed by atoms with Crippen LogP contribution in [-0.2, 0) is 10.9 Å². The summed E-state index contributed by atoms with van der Waals surface area (Å²) in [6.07, 6.45) is -4.67. The number of alkyl halides is 3. The third kappa shape index (κ3) is 3.98. The van der Waals surface area contributed by atoms with E-state index in [9.17, 15) is 18.0 Å². The Morgan fingerprint density at radius 3 is 2.37 bits per heavy atom. The molecule has 30 heavy (non-hydrogen) atoms. The number of carbonyl (C=O) groups is 1. The summed E-state index contributed by atoms with van der Waals surface area (Å²) in [4.78, 5) is 11.5. The van der Waals surface area contributed by atoms with E-state index in [0.717, 1.165) is 12.1 Å². The lowest BCUT2D eigenvalue weighted by molar-refractivity contribution is -0.137. The second-order valence-electron chi connectivity index (χ2n) is 6.37. The number of nitriles is 1. The zero-order valence-electron chi connectivity index (χ0n) is 16.2. The molecule has 0 fully saturated rings. The number of aromatic nitrogens is 2. The summed E-state index contributed by atoms with van der Waals surface area (Å²) in [5.41, 5.74) is -0.0558. The fraction of sp³-hybridized carbons (Fsp3) is 0.190. The number of rotatable bonds is 4. The van der Waals surface area contributed by atoms with Gasteiger partial charge in [-0.2, -0.15) is 23.5 Å². The molecule has 0 saturated heterocycles. The molecule has 0 aliphatic heterocycles. The first-order valence-corrected chi connectivity index (χ1v) is 8.70. The lowest BCUT2D eigenvalue weighted by atomic mass is 10.1. The highest BCUT2D eigenvalue weighted by atomic mass is 19.4. The number of methoxy groups -OCH3 is 1. The second-order valence-corrected chi connectivity index (χ2v) is 6.37. The van der Waals surface area contributed by atoms with Crippen LogP contribution in [0.15, 0.2) is 42.5 Å². The zero-order chi connectivity index (χ0) is 22.1. The van der Waals surface area contributed by atoms with E-state index in [-0.39, 0.29) is 5.69 Å². The van der Waals surface area contributed by atoms with Crippen LogP contribution in [0.5, 0.6) is 11.5 Å². The van der Waals surface area contributed by atoms with Crippen LogP contribution in [0, 0.1) is 25.2 Å². The highest BCUT2D eigenvalue weighted by molar-refractivity contribution is 5.89. The van der Waals surface area contributed by atoms with E-state index in [1.165, 1.54) is 30.0 Å². The Labute approximate surface area is 170 Å². The van der Waals surface area contributed by atoms with E-state index < -0.39 is 23.3 Å². The van der Waals surface area contributed by atoms with Crippen LogP contribution in [0.2, 0.25) is 0 Å². The van der Waals surface area contributed by atoms with Gasteiger partial charge in [0.25, 0.3) is 0 Å². The molecule has 0 aliphatic carbocycles. The van der Waals surface area contributed by atoms with Gasteiger partial charge in [0, 0.05) is 0 Å². The average Bonchev–Trinajstić information content (AvgIpc) is 3.00. The summed E-state index contributed by atoms with van der Waals surface area (Å²) in [5.74, 6) is 0.311. The molecule has 3 rings (SSSR count). The maximum absolute atomic E-state index is 13.3. The molecule has 6 nitrogen and oxygen atoms in total. The van der Waals surface area contributed by atoms with Gasteiger partial charge in [-0.25, -0.2) is 9.48 Å². The van der Waals surface area contributed by atoms with Crippen molar-refractivity contribution >= 4 is 5.97 Å². The number of hydrogen-bond donors (Lipinski definition) is 0. The molecule has 1 aromatic heterocycles. The summed E-state index contributed by atoms with van der Waals surface area (Å²) >= 11 is 0. The Morgan fingerprint density at radius 1 is 1.13 bits per heavy atom. The highest BCUT2D eigenvalue weighted by Crippen LogP contribution is 2.35. The molecule has 0 saturated carbocycles. The first kappa shape index (κ1) is 20.9. The van der Waals surface area contributed by atoms with Gasteiger partial charge < -0.3 is 9.47 Å². The summed E-state index contributed by atoms with van der Waals surface area (Å²) < 4.78 is 51.6. The van der Waals surface area contributed by atoms with Gasteiger partial charge in [-0.05, 0) is 56.3 Å². The van der Waals surface area contributed by atoms with Crippen molar-refractivity contribution in [2.45, 2.75) is 20.0 Å². The maximum atomic E-state index is 13.3. The molecule has 0 bridgehead atoms. The number of carbonyl (C=O) groups excluding carboxylic acids is 1. The van der Waals surface area contributed by atoms with Crippen molar-refractivity contribution in [2.24, 2.45) is 0 Å². The number of halogens is 3. The van der Waals surface area contributed by atoms with Gasteiger partial charge >= 0.3 is 12.1 Å². The fourth-order valence-electron chi connectivity index (χ4n) is 2.92. The van der Waals surface area contributed by atoms with E-state index in [1.54, 1.807) is 32.0 Å². The zero-order valence-corrected chi connectivity index (χ0v) is 16.2. The normalized spacial score (nSPS) is 11.1. The van der Waals surface area contributed by atoms with Gasteiger partial charge in [0.15, 0.2) is 5.75 Å². The molecule has 2 aromatic carbocycles. The molecule has 0 aliphatic rings. The van der Waals surface area contributed by atoms with E-state index in [1.807, 2.05) is 0 Å². The Bertz CT molecular complexity index is 1140. The maximum Gasteiger partial charge on any atom is 0.417 e. The average molecular weight is 415 g/mol. The Morgan fingerprint density at radius 2 is 1.80 bits per heavy atom. The molecule has 154 valence electrons. The van der Waals surface area contributed by atoms with Crippen LogP contribution < -0.4 is 4.74 Å². The SMILES string of the molecule is COC(=O)c1ccc(Oc2c(C)nn(-c3ccc(C#N)c(C(F)(F)F)c3)c2C)cc1. The summed E-state index contributed by atoms with van der Waals surface area (Å²) in [6, 6.07) is 11.2.